The number of amides is 2. The van der Waals surface area contributed by atoms with Gasteiger partial charge < -0.3 is 11.1 Å². The Kier molecular flexibility index (Phi) is 7.94. The molecule has 0 spiro atoms. The van der Waals surface area contributed by atoms with Crippen molar-refractivity contribution in [1.82, 2.24) is 0 Å². The van der Waals surface area contributed by atoms with Crippen molar-refractivity contribution in [3.05, 3.63) is 16.0 Å². The lowest BCUT2D eigenvalue weighted by Gasteiger charge is -2.18. The Hall–Kier alpha value is -1.36. The smallest absolute Gasteiger partial charge is 0.251 e. The number of thiophene rings is 1. The van der Waals surface area contributed by atoms with Gasteiger partial charge in [-0.15, -0.1) is 11.3 Å². The first kappa shape index (κ1) is 20.0. The van der Waals surface area contributed by atoms with Crippen LogP contribution in [0.15, 0.2) is 0 Å². The summed E-state index contributed by atoms with van der Waals surface area (Å²) in [5.74, 6) is 0.212. The summed E-state index contributed by atoms with van der Waals surface area (Å²) < 4.78 is 0. The van der Waals surface area contributed by atoms with Crippen LogP contribution in [0.2, 0.25) is 0 Å². The number of primary amides is 1. The highest BCUT2D eigenvalue weighted by Gasteiger charge is 2.27. The van der Waals surface area contributed by atoms with Gasteiger partial charge in [-0.05, 0) is 37.2 Å². The number of unbranched alkanes of at least 4 members (excludes halogenated alkanes) is 6. The summed E-state index contributed by atoms with van der Waals surface area (Å²) in [6.45, 7) is 4.44. The number of anilines is 1. The summed E-state index contributed by atoms with van der Waals surface area (Å²) in [5, 5.41) is 3.62. The molecule has 0 aromatic carbocycles. The van der Waals surface area contributed by atoms with E-state index in [9.17, 15) is 9.59 Å². The number of nitrogens with two attached hydrogens (primary N) is 1. The zero-order chi connectivity index (χ0) is 18.2. The molecule has 140 valence electrons. The summed E-state index contributed by atoms with van der Waals surface area (Å²) >= 11 is 1.54. The maximum absolute atomic E-state index is 12.2. The molecule has 0 aliphatic heterocycles. The van der Waals surface area contributed by atoms with Crippen LogP contribution in [0, 0.1) is 5.92 Å². The number of carbonyl (C=O) groups is 2. The van der Waals surface area contributed by atoms with Gasteiger partial charge in [0.2, 0.25) is 5.91 Å². The fraction of sp³-hybridized carbons (Fsp3) is 0.700. The molecule has 1 aromatic heterocycles. The van der Waals surface area contributed by atoms with Gasteiger partial charge in [0, 0.05) is 11.3 Å². The minimum absolute atomic E-state index is 0.00250. The highest BCUT2D eigenvalue weighted by molar-refractivity contribution is 7.17. The molecule has 1 aliphatic rings. The standard InChI is InChI=1S/C20H32N2O2S/c1-3-4-5-6-7-8-9-10-17(23)22-20-18(19(21)24)15-12-11-14(2)13-16(15)25-20/h14H,3-13H2,1-2H3,(H2,21,24)(H,22,23). The fourth-order valence-corrected chi connectivity index (χ4v) is 4.96. The SMILES string of the molecule is CCCCCCCCCC(=O)Nc1sc2c(c1C(N)=O)CCC(C)C2. The second kappa shape index (κ2) is 9.95. The third-order valence-electron chi connectivity index (χ3n) is 5.02. The molecule has 0 saturated carbocycles. The van der Waals surface area contributed by atoms with Crippen LogP contribution in [0.4, 0.5) is 5.00 Å². The van der Waals surface area contributed by atoms with Crippen molar-refractivity contribution in [3.8, 4) is 0 Å². The third-order valence-corrected chi connectivity index (χ3v) is 6.19. The van der Waals surface area contributed by atoms with Crippen molar-refractivity contribution < 1.29 is 9.59 Å². The maximum atomic E-state index is 12.2. The second-order valence-electron chi connectivity index (χ2n) is 7.34. The molecule has 1 atom stereocenters. The normalized spacial score (nSPS) is 16.5. The summed E-state index contributed by atoms with van der Waals surface area (Å²) in [6.07, 6.45) is 11.8. The summed E-state index contributed by atoms with van der Waals surface area (Å²) in [7, 11) is 0. The molecule has 0 radical (unpaired) electrons. The Bertz CT molecular complexity index is 595. The van der Waals surface area contributed by atoms with E-state index in [1.54, 1.807) is 11.3 Å². The van der Waals surface area contributed by atoms with Gasteiger partial charge in [0.25, 0.3) is 5.91 Å². The van der Waals surface area contributed by atoms with Crippen molar-refractivity contribution in [2.45, 2.75) is 84.5 Å². The number of fused-ring (bicyclic) bond motifs is 1. The number of nitrogens with one attached hydrogen (secondary N) is 1. The van der Waals surface area contributed by atoms with E-state index < -0.39 is 5.91 Å². The molecule has 1 aromatic rings. The van der Waals surface area contributed by atoms with Crippen molar-refractivity contribution in [2.24, 2.45) is 11.7 Å². The van der Waals surface area contributed by atoms with E-state index in [-0.39, 0.29) is 5.91 Å². The van der Waals surface area contributed by atoms with Crippen LogP contribution in [0.5, 0.6) is 0 Å². The zero-order valence-corrected chi connectivity index (χ0v) is 16.5. The van der Waals surface area contributed by atoms with Crippen LogP contribution in [0.1, 0.15) is 92.4 Å². The molecule has 1 unspecified atom stereocenters. The van der Waals surface area contributed by atoms with Crippen LogP contribution < -0.4 is 11.1 Å². The number of carbonyl (C=O) groups excluding carboxylic acids is 2. The van der Waals surface area contributed by atoms with Gasteiger partial charge >= 0.3 is 0 Å². The molecule has 2 rings (SSSR count). The second-order valence-corrected chi connectivity index (χ2v) is 8.44. The average Bonchev–Trinajstić information content (AvgIpc) is 2.90. The predicted molar refractivity (Wildman–Crippen MR) is 105 cm³/mol. The van der Waals surface area contributed by atoms with Gasteiger partial charge in [-0.1, -0.05) is 52.4 Å². The van der Waals surface area contributed by atoms with E-state index in [0.717, 1.165) is 37.7 Å². The monoisotopic (exact) mass is 364 g/mol. The van der Waals surface area contributed by atoms with Crippen molar-refractivity contribution in [3.63, 3.8) is 0 Å². The van der Waals surface area contributed by atoms with E-state index in [0.29, 0.717) is 22.9 Å². The molecule has 0 saturated heterocycles. The minimum atomic E-state index is -0.418. The molecule has 2 amide bonds. The predicted octanol–water partition coefficient (Wildman–Crippen LogP) is 5.05. The van der Waals surface area contributed by atoms with Gasteiger partial charge in [0.05, 0.1) is 5.56 Å². The van der Waals surface area contributed by atoms with E-state index >= 15 is 0 Å². The van der Waals surface area contributed by atoms with Gasteiger partial charge in [-0.2, -0.15) is 0 Å². The first-order valence-electron chi connectivity index (χ1n) is 9.77. The highest BCUT2D eigenvalue weighted by Crippen LogP contribution is 2.39. The lowest BCUT2D eigenvalue weighted by molar-refractivity contribution is -0.116. The summed E-state index contributed by atoms with van der Waals surface area (Å²) in [5.41, 5.74) is 7.22. The summed E-state index contributed by atoms with van der Waals surface area (Å²) in [6, 6.07) is 0. The number of rotatable bonds is 10. The van der Waals surface area contributed by atoms with Crippen LogP contribution >= 0.6 is 11.3 Å². The Labute approximate surface area is 155 Å². The largest absolute Gasteiger partial charge is 0.365 e. The molecular weight excluding hydrogens is 332 g/mol. The molecule has 0 bridgehead atoms. The lowest BCUT2D eigenvalue weighted by atomic mass is 9.88. The number of hydrogen-bond donors (Lipinski definition) is 2. The molecule has 4 nitrogen and oxygen atoms in total. The van der Waals surface area contributed by atoms with Crippen LogP contribution in [-0.2, 0) is 17.6 Å². The zero-order valence-electron chi connectivity index (χ0n) is 15.7. The minimum Gasteiger partial charge on any atom is -0.365 e. The average molecular weight is 365 g/mol. The Morgan fingerprint density at radius 1 is 1.16 bits per heavy atom. The molecule has 3 N–H and O–H groups in total. The molecule has 0 fully saturated rings. The fourth-order valence-electron chi connectivity index (χ4n) is 3.53. The van der Waals surface area contributed by atoms with Gasteiger partial charge in [-0.25, -0.2) is 0 Å². The van der Waals surface area contributed by atoms with E-state index in [2.05, 4.69) is 19.2 Å². The first-order valence-corrected chi connectivity index (χ1v) is 10.6. The Balaban J connectivity index is 1.85. The molecule has 25 heavy (non-hydrogen) atoms. The summed E-state index contributed by atoms with van der Waals surface area (Å²) in [4.78, 5) is 25.3. The topological polar surface area (TPSA) is 72.2 Å². The van der Waals surface area contributed by atoms with E-state index in [4.69, 9.17) is 5.73 Å². The van der Waals surface area contributed by atoms with E-state index in [1.165, 1.54) is 37.0 Å². The number of hydrogen-bond acceptors (Lipinski definition) is 3. The van der Waals surface area contributed by atoms with Crippen LogP contribution in [-0.4, -0.2) is 11.8 Å². The maximum Gasteiger partial charge on any atom is 0.251 e. The van der Waals surface area contributed by atoms with E-state index in [1.807, 2.05) is 0 Å². The molecule has 5 heteroatoms. The van der Waals surface area contributed by atoms with Crippen molar-refractivity contribution in [2.75, 3.05) is 5.32 Å². The highest BCUT2D eigenvalue weighted by atomic mass is 32.1. The Morgan fingerprint density at radius 2 is 1.84 bits per heavy atom. The first-order chi connectivity index (χ1) is 12.0. The van der Waals surface area contributed by atoms with Crippen LogP contribution in [0.3, 0.4) is 0 Å². The molecular formula is C20H32N2O2S. The Morgan fingerprint density at radius 3 is 2.52 bits per heavy atom. The lowest BCUT2D eigenvalue weighted by Crippen LogP contribution is -2.19. The molecule has 1 aliphatic carbocycles. The van der Waals surface area contributed by atoms with Crippen LogP contribution in [0.25, 0.3) is 0 Å². The van der Waals surface area contributed by atoms with Crippen molar-refractivity contribution in [1.29, 1.82) is 0 Å². The van der Waals surface area contributed by atoms with Gasteiger partial charge in [0.15, 0.2) is 0 Å². The van der Waals surface area contributed by atoms with Gasteiger partial charge in [0.1, 0.15) is 5.00 Å². The quantitative estimate of drug-likeness (QED) is 0.570. The third kappa shape index (κ3) is 5.84. The van der Waals surface area contributed by atoms with Gasteiger partial charge in [-0.3, -0.25) is 9.59 Å². The van der Waals surface area contributed by atoms with Crippen molar-refractivity contribution >= 4 is 28.2 Å². The molecule has 1 heterocycles.